The lowest BCUT2D eigenvalue weighted by molar-refractivity contribution is 0.289. The third-order valence-corrected chi connectivity index (χ3v) is 4.37. The van der Waals surface area contributed by atoms with Crippen molar-refractivity contribution in [1.29, 1.82) is 0 Å². The molecule has 0 spiro atoms. The summed E-state index contributed by atoms with van der Waals surface area (Å²) in [5, 5.41) is 4.51. The van der Waals surface area contributed by atoms with E-state index >= 15 is 0 Å². The van der Waals surface area contributed by atoms with Gasteiger partial charge >= 0.3 is 0 Å². The average Bonchev–Trinajstić information content (AvgIpc) is 2.32. The van der Waals surface area contributed by atoms with E-state index in [1.165, 1.54) is 44.2 Å². The lowest BCUT2D eigenvalue weighted by Crippen LogP contribution is -2.40. The van der Waals surface area contributed by atoms with Gasteiger partial charge in [0.2, 0.25) is 0 Å². The second-order valence-electron chi connectivity index (χ2n) is 6.26. The van der Waals surface area contributed by atoms with Crippen LogP contribution >= 0.6 is 11.6 Å². The van der Waals surface area contributed by atoms with Gasteiger partial charge < -0.3 is 5.32 Å². The molecule has 2 heteroatoms. The molecule has 0 bridgehead atoms. The van der Waals surface area contributed by atoms with E-state index in [0.29, 0.717) is 0 Å². The van der Waals surface area contributed by atoms with Gasteiger partial charge in [-0.05, 0) is 55.3 Å². The maximum atomic E-state index is 5.91. The quantitative estimate of drug-likeness (QED) is 0.693. The number of halogens is 1. The molecular weight excluding hydrogens is 254 g/mol. The van der Waals surface area contributed by atoms with Gasteiger partial charge in [-0.3, -0.25) is 0 Å². The molecule has 2 rings (SSSR count). The molecule has 1 aliphatic carbocycles. The molecular formula is C17H26ClN. The Kier molecular flexibility index (Phi) is 5.72. The van der Waals surface area contributed by atoms with Gasteiger partial charge in [0.1, 0.15) is 0 Å². The molecule has 106 valence electrons. The molecule has 1 saturated carbocycles. The molecule has 1 fully saturated rings. The second-order valence-corrected chi connectivity index (χ2v) is 6.70. The van der Waals surface area contributed by atoms with Gasteiger partial charge in [-0.25, -0.2) is 0 Å². The lowest BCUT2D eigenvalue weighted by Gasteiger charge is -2.36. The first-order chi connectivity index (χ1) is 9.15. The van der Waals surface area contributed by atoms with E-state index in [9.17, 15) is 0 Å². The molecule has 0 unspecified atom stereocenters. The van der Waals surface area contributed by atoms with Crippen LogP contribution in [0.15, 0.2) is 24.3 Å². The van der Waals surface area contributed by atoms with E-state index in [4.69, 9.17) is 11.6 Å². The van der Waals surface area contributed by atoms with E-state index < -0.39 is 0 Å². The van der Waals surface area contributed by atoms with E-state index in [0.717, 1.165) is 22.9 Å². The van der Waals surface area contributed by atoms with Crippen molar-refractivity contribution in [2.24, 2.45) is 5.92 Å². The molecule has 1 aromatic carbocycles. The number of unbranched alkanes of at least 4 members (excludes halogenated alkanes) is 1. The summed E-state index contributed by atoms with van der Waals surface area (Å²) in [7, 11) is 0. The van der Waals surface area contributed by atoms with Gasteiger partial charge in [0.25, 0.3) is 0 Å². The molecule has 0 atom stereocenters. The van der Waals surface area contributed by atoms with Crippen LogP contribution in [0.1, 0.15) is 57.4 Å². The first kappa shape index (κ1) is 14.9. The zero-order valence-corrected chi connectivity index (χ0v) is 12.9. The van der Waals surface area contributed by atoms with Crippen LogP contribution in [0.3, 0.4) is 0 Å². The van der Waals surface area contributed by atoms with Crippen molar-refractivity contribution in [3.05, 3.63) is 34.9 Å². The van der Waals surface area contributed by atoms with Crippen molar-refractivity contribution < 1.29 is 0 Å². The van der Waals surface area contributed by atoms with Gasteiger partial charge in [0, 0.05) is 11.1 Å². The van der Waals surface area contributed by atoms with Crippen molar-refractivity contribution in [1.82, 2.24) is 5.32 Å². The minimum absolute atomic E-state index is 0.736. The van der Waals surface area contributed by atoms with E-state index in [2.05, 4.69) is 31.3 Å². The van der Waals surface area contributed by atoms with Gasteiger partial charge in [0.05, 0.1) is 0 Å². The SMILES string of the molecule is CC(C)CCCCNC1CC(c2ccc(Cl)cc2)C1. The summed E-state index contributed by atoms with van der Waals surface area (Å²) >= 11 is 5.91. The zero-order valence-electron chi connectivity index (χ0n) is 12.2. The van der Waals surface area contributed by atoms with Crippen LogP contribution in [-0.4, -0.2) is 12.6 Å². The summed E-state index contributed by atoms with van der Waals surface area (Å²) in [6, 6.07) is 9.09. The predicted octanol–water partition coefficient (Wildman–Crippen LogP) is 5.00. The first-order valence-corrected chi connectivity index (χ1v) is 8.02. The van der Waals surface area contributed by atoms with E-state index in [-0.39, 0.29) is 0 Å². The number of rotatable bonds is 7. The van der Waals surface area contributed by atoms with Crippen LogP contribution in [0.5, 0.6) is 0 Å². The van der Waals surface area contributed by atoms with Crippen LogP contribution in [-0.2, 0) is 0 Å². The number of hydrogen-bond donors (Lipinski definition) is 1. The van der Waals surface area contributed by atoms with Crippen LogP contribution in [0.25, 0.3) is 0 Å². The molecule has 0 saturated heterocycles. The van der Waals surface area contributed by atoms with Gasteiger partial charge in [0.15, 0.2) is 0 Å². The molecule has 0 aliphatic heterocycles. The molecule has 1 N–H and O–H groups in total. The fraction of sp³-hybridized carbons (Fsp3) is 0.647. The van der Waals surface area contributed by atoms with Crippen molar-refractivity contribution in [3.8, 4) is 0 Å². The topological polar surface area (TPSA) is 12.0 Å². The number of hydrogen-bond acceptors (Lipinski definition) is 1. The molecule has 1 aromatic rings. The van der Waals surface area contributed by atoms with Crippen LogP contribution in [0.2, 0.25) is 5.02 Å². The average molecular weight is 280 g/mol. The van der Waals surface area contributed by atoms with E-state index in [1.54, 1.807) is 0 Å². The molecule has 0 heterocycles. The Morgan fingerprint density at radius 1 is 1.16 bits per heavy atom. The fourth-order valence-electron chi connectivity index (χ4n) is 2.78. The van der Waals surface area contributed by atoms with Crippen molar-refractivity contribution in [3.63, 3.8) is 0 Å². The second kappa shape index (κ2) is 7.31. The fourth-order valence-corrected chi connectivity index (χ4v) is 2.90. The highest BCUT2D eigenvalue weighted by Gasteiger charge is 2.29. The molecule has 0 aromatic heterocycles. The van der Waals surface area contributed by atoms with Crippen LogP contribution in [0, 0.1) is 5.92 Å². The number of nitrogens with one attached hydrogen (secondary N) is 1. The summed E-state index contributed by atoms with van der Waals surface area (Å²) in [4.78, 5) is 0. The van der Waals surface area contributed by atoms with Crippen LogP contribution < -0.4 is 5.32 Å². The third kappa shape index (κ3) is 4.81. The van der Waals surface area contributed by atoms with Gasteiger partial charge in [-0.2, -0.15) is 0 Å². The first-order valence-electron chi connectivity index (χ1n) is 7.64. The largest absolute Gasteiger partial charge is 0.314 e. The minimum Gasteiger partial charge on any atom is -0.314 e. The van der Waals surface area contributed by atoms with E-state index in [1.807, 2.05) is 12.1 Å². The normalized spacial score (nSPS) is 22.5. The Hall–Kier alpha value is -0.530. The van der Waals surface area contributed by atoms with Gasteiger partial charge in [-0.1, -0.05) is 50.4 Å². The summed E-state index contributed by atoms with van der Waals surface area (Å²) in [6.07, 6.45) is 6.61. The molecule has 0 radical (unpaired) electrons. The Bertz CT molecular complexity index is 365. The maximum Gasteiger partial charge on any atom is 0.0406 e. The zero-order chi connectivity index (χ0) is 13.7. The number of benzene rings is 1. The summed E-state index contributed by atoms with van der Waals surface area (Å²) in [6.45, 7) is 5.79. The van der Waals surface area contributed by atoms with Gasteiger partial charge in [-0.15, -0.1) is 0 Å². The third-order valence-electron chi connectivity index (χ3n) is 4.12. The smallest absolute Gasteiger partial charge is 0.0406 e. The molecule has 1 nitrogen and oxygen atoms in total. The summed E-state index contributed by atoms with van der Waals surface area (Å²) in [5.41, 5.74) is 1.45. The highest BCUT2D eigenvalue weighted by atomic mass is 35.5. The Balaban J connectivity index is 1.57. The Labute approximate surface area is 122 Å². The van der Waals surface area contributed by atoms with Crippen LogP contribution in [0.4, 0.5) is 0 Å². The van der Waals surface area contributed by atoms with Crippen molar-refractivity contribution >= 4 is 11.6 Å². The molecule has 0 amide bonds. The molecule has 19 heavy (non-hydrogen) atoms. The highest BCUT2D eigenvalue weighted by Crippen LogP contribution is 2.37. The predicted molar refractivity (Wildman–Crippen MR) is 83.9 cm³/mol. The summed E-state index contributed by atoms with van der Waals surface area (Å²) < 4.78 is 0. The molecule has 1 aliphatic rings. The Morgan fingerprint density at radius 2 is 1.84 bits per heavy atom. The standard InChI is InChI=1S/C17H26ClN/c1-13(2)5-3-4-10-19-17-11-15(12-17)14-6-8-16(18)9-7-14/h6-9,13,15,17,19H,3-5,10-12H2,1-2H3. The maximum absolute atomic E-state index is 5.91. The summed E-state index contributed by atoms with van der Waals surface area (Å²) in [5.74, 6) is 1.59. The minimum atomic E-state index is 0.736. The Morgan fingerprint density at radius 3 is 2.47 bits per heavy atom. The van der Waals surface area contributed by atoms with Crippen molar-refractivity contribution in [2.75, 3.05) is 6.54 Å². The van der Waals surface area contributed by atoms with Crippen molar-refractivity contribution in [2.45, 2.75) is 57.9 Å². The lowest BCUT2D eigenvalue weighted by atomic mass is 9.76. The monoisotopic (exact) mass is 279 g/mol. The highest BCUT2D eigenvalue weighted by molar-refractivity contribution is 6.30.